The molecule has 0 heterocycles. The van der Waals surface area contributed by atoms with Gasteiger partial charge >= 0.3 is 0 Å². The second-order valence-electron chi connectivity index (χ2n) is 4.88. The van der Waals surface area contributed by atoms with Crippen LogP contribution in [0.4, 0.5) is 4.39 Å². The van der Waals surface area contributed by atoms with Crippen LogP contribution in [0.5, 0.6) is 0 Å². The molecular weight excluding hydrogens is 219 g/mol. The number of aliphatic hydroxyl groups is 1. The Kier molecular flexibility index (Phi) is 5.05. The van der Waals surface area contributed by atoms with Gasteiger partial charge in [0, 0.05) is 25.0 Å². The molecule has 0 radical (unpaired) electrons. The molecule has 0 aliphatic rings. The van der Waals surface area contributed by atoms with Crippen LogP contribution >= 0.6 is 0 Å². The lowest BCUT2D eigenvalue weighted by Crippen LogP contribution is -2.39. The fourth-order valence-corrected chi connectivity index (χ4v) is 1.74. The lowest BCUT2D eigenvalue weighted by molar-refractivity contribution is 0.177. The lowest BCUT2D eigenvalue weighted by Gasteiger charge is -2.26. The largest absolute Gasteiger partial charge is 0.390 e. The number of nitrogens with two attached hydrogens (primary N) is 1. The Morgan fingerprint density at radius 2 is 2.06 bits per heavy atom. The minimum atomic E-state index is -0.550. The third-order valence-electron chi connectivity index (χ3n) is 2.82. The van der Waals surface area contributed by atoms with Crippen molar-refractivity contribution in [1.82, 2.24) is 5.32 Å². The van der Waals surface area contributed by atoms with Gasteiger partial charge in [0.05, 0.1) is 6.10 Å². The van der Waals surface area contributed by atoms with E-state index in [0.717, 1.165) is 0 Å². The summed E-state index contributed by atoms with van der Waals surface area (Å²) in [6.07, 6.45) is -0.550. The fraction of sp³-hybridized carbons (Fsp3) is 0.538. The molecule has 1 atom stereocenters. The molecule has 3 nitrogen and oxygen atoms in total. The summed E-state index contributed by atoms with van der Waals surface area (Å²) in [4.78, 5) is 0. The van der Waals surface area contributed by atoms with Gasteiger partial charge in [-0.2, -0.15) is 0 Å². The highest BCUT2D eigenvalue weighted by Gasteiger charge is 2.23. The molecule has 96 valence electrons. The van der Waals surface area contributed by atoms with Crippen molar-refractivity contribution in [3.63, 3.8) is 0 Å². The summed E-state index contributed by atoms with van der Waals surface area (Å²) in [5.74, 6) is -0.196. The first-order valence-electron chi connectivity index (χ1n) is 5.81. The molecule has 4 N–H and O–H groups in total. The maximum atomic E-state index is 13.6. The zero-order chi connectivity index (χ0) is 12.9. The molecule has 0 saturated heterocycles. The number of aliphatic hydroxyl groups excluding tert-OH is 1. The van der Waals surface area contributed by atoms with Crippen LogP contribution in [-0.2, 0) is 5.41 Å². The van der Waals surface area contributed by atoms with Gasteiger partial charge in [0.1, 0.15) is 5.82 Å². The molecule has 17 heavy (non-hydrogen) atoms. The van der Waals surface area contributed by atoms with Crippen LogP contribution in [0.3, 0.4) is 0 Å². The summed E-state index contributed by atoms with van der Waals surface area (Å²) in [7, 11) is 0. The van der Waals surface area contributed by atoms with Gasteiger partial charge in [-0.05, 0) is 11.6 Å². The topological polar surface area (TPSA) is 58.3 Å². The Morgan fingerprint density at radius 3 is 2.65 bits per heavy atom. The van der Waals surface area contributed by atoms with Crippen LogP contribution in [0, 0.1) is 5.82 Å². The maximum absolute atomic E-state index is 13.6. The zero-order valence-electron chi connectivity index (χ0n) is 10.4. The standard InChI is InChI=1S/C13H21FN2O/c1-13(2,9-16-8-10(17)7-15)11-5-3-4-6-12(11)14/h3-6,10,16-17H,7-9,15H2,1-2H3. The molecule has 0 amide bonds. The van der Waals surface area contributed by atoms with E-state index in [-0.39, 0.29) is 17.8 Å². The van der Waals surface area contributed by atoms with Crippen LogP contribution < -0.4 is 11.1 Å². The molecule has 1 unspecified atom stereocenters. The van der Waals surface area contributed by atoms with E-state index in [0.29, 0.717) is 18.7 Å². The van der Waals surface area contributed by atoms with Crippen LogP contribution in [0.1, 0.15) is 19.4 Å². The van der Waals surface area contributed by atoms with Crippen molar-refractivity contribution in [3.8, 4) is 0 Å². The highest BCUT2D eigenvalue weighted by Crippen LogP contribution is 2.24. The number of nitrogens with one attached hydrogen (secondary N) is 1. The maximum Gasteiger partial charge on any atom is 0.126 e. The van der Waals surface area contributed by atoms with Crippen LogP contribution in [0.25, 0.3) is 0 Å². The first-order valence-corrected chi connectivity index (χ1v) is 5.81. The summed E-state index contributed by atoms with van der Waals surface area (Å²) < 4.78 is 13.6. The van der Waals surface area contributed by atoms with Gasteiger partial charge in [0.25, 0.3) is 0 Å². The monoisotopic (exact) mass is 240 g/mol. The summed E-state index contributed by atoms with van der Waals surface area (Å²) >= 11 is 0. The van der Waals surface area contributed by atoms with E-state index >= 15 is 0 Å². The summed E-state index contributed by atoms with van der Waals surface area (Å²) in [6.45, 7) is 5.17. The number of benzene rings is 1. The first kappa shape index (κ1) is 14.1. The van der Waals surface area contributed by atoms with Crippen molar-refractivity contribution in [1.29, 1.82) is 0 Å². The van der Waals surface area contributed by atoms with Gasteiger partial charge in [-0.25, -0.2) is 4.39 Å². The van der Waals surface area contributed by atoms with Gasteiger partial charge in [0.2, 0.25) is 0 Å². The van der Waals surface area contributed by atoms with Crippen molar-refractivity contribution in [2.24, 2.45) is 5.73 Å². The zero-order valence-corrected chi connectivity index (χ0v) is 10.4. The average Bonchev–Trinajstić information content (AvgIpc) is 2.28. The Hall–Kier alpha value is -0.970. The van der Waals surface area contributed by atoms with Gasteiger partial charge < -0.3 is 16.2 Å². The molecule has 0 aliphatic carbocycles. The SMILES string of the molecule is CC(C)(CNCC(O)CN)c1ccccc1F. The predicted molar refractivity (Wildman–Crippen MR) is 67.4 cm³/mol. The lowest BCUT2D eigenvalue weighted by atomic mass is 9.84. The highest BCUT2D eigenvalue weighted by molar-refractivity contribution is 5.25. The number of hydrogen-bond acceptors (Lipinski definition) is 3. The molecule has 0 spiro atoms. The number of halogens is 1. The van der Waals surface area contributed by atoms with Crippen LogP contribution in [0.2, 0.25) is 0 Å². The summed E-state index contributed by atoms with van der Waals surface area (Å²) in [5.41, 5.74) is 5.66. The van der Waals surface area contributed by atoms with Gasteiger partial charge in [-0.3, -0.25) is 0 Å². The smallest absolute Gasteiger partial charge is 0.126 e. The van der Waals surface area contributed by atoms with E-state index in [9.17, 15) is 9.50 Å². The molecular formula is C13H21FN2O. The molecule has 0 aliphatic heterocycles. The minimum absolute atomic E-state index is 0.196. The van der Waals surface area contributed by atoms with E-state index in [4.69, 9.17) is 5.73 Å². The first-order chi connectivity index (χ1) is 7.97. The van der Waals surface area contributed by atoms with Crippen molar-refractivity contribution in [3.05, 3.63) is 35.6 Å². The average molecular weight is 240 g/mol. The molecule has 1 rings (SSSR count). The Balaban J connectivity index is 2.60. The van der Waals surface area contributed by atoms with Crippen LogP contribution in [0.15, 0.2) is 24.3 Å². The van der Waals surface area contributed by atoms with E-state index in [1.54, 1.807) is 12.1 Å². The van der Waals surface area contributed by atoms with Crippen LogP contribution in [-0.4, -0.2) is 30.8 Å². The molecule has 0 saturated carbocycles. The van der Waals surface area contributed by atoms with E-state index < -0.39 is 6.10 Å². The van der Waals surface area contributed by atoms with E-state index in [1.165, 1.54) is 6.07 Å². The number of rotatable bonds is 6. The van der Waals surface area contributed by atoms with Crippen molar-refractivity contribution in [2.75, 3.05) is 19.6 Å². The molecule has 1 aromatic rings. The molecule has 4 heteroatoms. The van der Waals surface area contributed by atoms with Gasteiger partial charge in [-0.1, -0.05) is 32.0 Å². The summed E-state index contributed by atoms with van der Waals surface area (Å²) in [5, 5.41) is 12.4. The second kappa shape index (κ2) is 6.10. The molecule has 1 aromatic carbocycles. The molecule has 0 fully saturated rings. The summed E-state index contributed by atoms with van der Waals surface area (Å²) in [6, 6.07) is 6.76. The fourth-order valence-electron chi connectivity index (χ4n) is 1.74. The highest BCUT2D eigenvalue weighted by atomic mass is 19.1. The third-order valence-corrected chi connectivity index (χ3v) is 2.82. The van der Waals surface area contributed by atoms with Crippen molar-refractivity contribution in [2.45, 2.75) is 25.4 Å². The van der Waals surface area contributed by atoms with Crippen molar-refractivity contribution >= 4 is 0 Å². The quantitative estimate of drug-likeness (QED) is 0.695. The van der Waals surface area contributed by atoms with E-state index in [2.05, 4.69) is 5.32 Å². The second-order valence-corrected chi connectivity index (χ2v) is 4.88. The molecule has 0 aromatic heterocycles. The van der Waals surface area contributed by atoms with Gasteiger partial charge in [-0.15, -0.1) is 0 Å². The third kappa shape index (κ3) is 4.07. The van der Waals surface area contributed by atoms with Gasteiger partial charge in [0.15, 0.2) is 0 Å². The normalized spacial score (nSPS) is 13.7. The number of hydrogen-bond donors (Lipinski definition) is 3. The molecule has 0 bridgehead atoms. The van der Waals surface area contributed by atoms with Crippen molar-refractivity contribution < 1.29 is 9.50 Å². The minimum Gasteiger partial charge on any atom is -0.390 e. The predicted octanol–water partition coefficient (Wildman–Crippen LogP) is 1.01. The Morgan fingerprint density at radius 1 is 1.41 bits per heavy atom. The Bertz CT molecular complexity index is 355. The Labute approximate surface area is 102 Å². The van der Waals surface area contributed by atoms with E-state index in [1.807, 2.05) is 19.9 Å².